The number of aromatic amines is 1. The second-order valence-electron chi connectivity index (χ2n) is 5.41. The highest BCUT2D eigenvalue weighted by Gasteiger charge is 2.30. The third-order valence-corrected chi connectivity index (χ3v) is 4.05. The lowest BCUT2D eigenvalue weighted by atomic mass is 9.94. The molecule has 0 atom stereocenters. The standard InChI is InChI=1S/C17H16N4O2/c1-2-23-17(22)15-12-8-9-14-13(10-18-19-14)16(12)21(20-15)11-6-4-3-5-7-11/h3-7,10H,2,8-9H2,1H3,(H,18,19). The van der Waals surface area contributed by atoms with Gasteiger partial charge >= 0.3 is 5.97 Å². The molecule has 0 aliphatic heterocycles. The number of rotatable bonds is 3. The molecule has 1 aliphatic carbocycles. The fourth-order valence-electron chi connectivity index (χ4n) is 3.04. The second-order valence-corrected chi connectivity index (χ2v) is 5.41. The summed E-state index contributed by atoms with van der Waals surface area (Å²) in [6.45, 7) is 2.13. The van der Waals surface area contributed by atoms with Gasteiger partial charge < -0.3 is 4.74 Å². The summed E-state index contributed by atoms with van der Waals surface area (Å²) in [5.74, 6) is -0.370. The minimum absolute atomic E-state index is 0.336. The van der Waals surface area contributed by atoms with E-state index >= 15 is 0 Å². The van der Waals surface area contributed by atoms with Crippen LogP contribution < -0.4 is 0 Å². The van der Waals surface area contributed by atoms with Crippen LogP contribution in [-0.2, 0) is 17.6 Å². The highest BCUT2D eigenvalue weighted by Crippen LogP contribution is 2.36. The largest absolute Gasteiger partial charge is 0.461 e. The minimum atomic E-state index is -0.370. The summed E-state index contributed by atoms with van der Waals surface area (Å²) in [5.41, 5.74) is 5.24. The van der Waals surface area contributed by atoms with Crippen LogP contribution in [0, 0.1) is 0 Å². The fourth-order valence-corrected chi connectivity index (χ4v) is 3.04. The number of hydrogen-bond donors (Lipinski definition) is 1. The lowest BCUT2D eigenvalue weighted by Crippen LogP contribution is -2.10. The van der Waals surface area contributed by atoms with Gasteiger partial charge in [-0.2, -0.15) is 10.2 Å². The maximum atomic E-state index is 12.3. The van der Waals surface area contributed by atoms with E-state index in [-0.39, 0.29) is 5.97 Å². The van der Waals surface area contributed by atoms with Crippen molar-refractivity contribution in [1.29, 1.82) is 0 Å². The molecule has 6 nitrogen and oxygen atoms in total. The first-order valence-corrected chi connectivity index (χ1v) is 7.66. The summed E-state index contributed by atoms with van der Waals surface area (Å²) in [7, 11) is 0. The molecule has 1 aromatic carbocycles. The van der Waals surface area contributed by atoms with Gasteiger partial charge in [-0.25, -0.2) is 9.48 Å². The molecule has 0 spiro atoms. The Labute approximate surface area is 133 Å². The highest BCUT2D eigenvalue weighted by atomic mass is 16.5. The van der Waals surface area contributed by atoms with E-state index in [4.69, 9.17) is 4.74 Å². The van der Waals surface area contributed by atoms with E-state index in [2.05, 4.69) is 15.3 Å². The number of hydrogen-bond acceptors (Lipinski definition) is 4. The van der Waals surface area contributed by atoms with Gasteiger partial charge in [-0.05, 0) is 31.9 Å². The molecule has 0 amide bonds. The lowest BCUT2D eigenvalue weighted by molar-refractivity contribution is 0.0517. The summed E-state index contributed by atoms with van der Waals surface area (Å²) in [5, 5.41) is 11.7. The first-order valence-electron chi connectivity index (χ1n) is 7.66. The van der Waals surface area contributed by atoms with E-state index in [1.807, 2.05) is 35.0 Å². The van der Waals surface area contributed by atoms with Gasteiger partial charge in [0.05, 0.1) is 24.2 Å². The number of ether oxygens (including phenoxy) is 1. The summed E-state index contributed by atoms with van der Waals surface area (Å²) >= 11 is 0. The molecular weight excluding hydrogens is 292 g/mol. The predicted octanol–water partition coefficient (Wildman–Crippen LogP) is 2.54. The van der Waals surface area contributed by atoms with Gasteiger partial charge in [-0.15, -0.1) is 0 Å². The number of H-pyrrole nitrogens is 1. The first-order chi connectivity index (χ1) is 11.3. The molecule has 0 fully saturated rings. The fraction of sp³-hybridized carbons (Fsp3) is 0.235. The Morgan fingerprint density at radius 3 is 2.91 bits per heavy atom. The van der Waals surface area contributed by atoms with E-state index in [9.17, 15) is 4.79 Å². The molecule has 1 N–H and O–H groups in total. The molecule has 6 heteroatoms. The number of carbonyl (C=O) groups excluding carboxylic acids is 1. The van der Waals surface area contributed by atoms with Gasteiger partial charge in [0, 0.05) is 16.8 Å². The number of aryl methyl sites for hydroxylation is 1. The van der Waals surface area contributed by atoms with E-state index < -0.39 is 0 Å². The zero-order valence-electron chi connectivity index (χ0n) is 12.7. The zero-order valence-corrected chi connectivity index (χ0v) is 12.7. The van der Waals surface area contributed by atoms with Crippen LogP contribution in [0.1, 0.15) is 28.7 Å². The molecule has 1 aliphatic rings. The van der Waals surface area contributed by atoms with E-state index in [0.717, 1.165) is 41.0 Å². The second kappa shape index (κ2) is 5.39. The Bertz CT molecular complexity index is 864. The van der Waals surface area contributed by atoms with Crippen LogP contribution in [0.3, 0.4) is 0 Å². The van der Waals surface area contributed by atoms with Crippen LogP contribution in [0.15, 0.2) is 36.5 Å². The lowest BCUT2D eigenvalue weighted by Gasteiger charge is -2.14. The molecule has 4 rings (SSSR count). The van der Waals surface area contributed by atoms with Crippen molar-refractivity contribution in [2.75, 3.05) is 6.61 Å². The Hall–Kier alpha value is -2.89. The third-order valence-electron chi connectivity index (χ3n) is 4.05. The molecule has 0 bridgehead atoms. The minimum Gasteiger partial charge on any atom is -0.461 e. The number of carbonyl (C=O) groups is 1. The highest BCUT2D eigenvalue weighted by molar-refractivity contribution is 5.92. The molecule has 2 aromatic heterocycles. The molecular formula is C17H16N4O2. The van der Waals surface area contributed by atoms with Gasteiger partial charge in [-0.1, -0.05) is 18.2 Å². The molecule has 0 saturated carbocycles. The predicted molar refractivity (Wildman–Crippen MR) is 84.5 cm³/mol. The maximum Gasteiger partial charge on any atom is 0.359 e. The van der Waals surface area contributed by atoms with Gasteiger partial charge in [0.1, 0.15) is 0 Å². The Balaban J connectivity index is 1.95. The number of esters is 1. The van der Waals surface area contributed by atoms with Crippen LogP contribution in [0.4, 0.5) is 0 Å². The molecule has 0 unspecified atom stereocenters. The van der Waals surface area contributed by atoms with Crippen molar-refractivity contribution >= 4 is 5.97 Å². The van der Waals surface area contributed by atoms with Crippen molar-refractivity contribution in [3.8, 4) is 16.9 Å². The molecule has 0 saturated heterocycles. The molecule has 3 aromatic rings. The van der Waals surface area contributed by atoms with Crippen LogP contribution in [0.5, 0.6) is 0 Å². The van der Waals surface area contributed by atoms with Crippen LogP contribution in [0.25, 0.3) is 16.9 Å². The van der Waals surface area contributed by atoms with Crippen molar-refractivity contribution in [1.82, 2.24) is 20.0 Å². The number of benzene rings is 1. The van der Waals surface area contributed by atoms with Crippen molar-refractivity contribution in [2.24, 2.45) is 0 Å². The van der Waals surface area contributed by atoms with Gasteiger partial charge in [0.25, 0.3) is 0 Å². The number of nitrogens with zero attached hydrogens (tertiary/aromatic N) is 3. The van der Waals surface area contributed by atoms with Gasteiger partial charge in [0.2, 0.25) is 0 Å². The van der Waals surface area contributed by atoms with E-state index in [0.29, 0.717) is 12.3 Å². The Kier molecular flexibility index (Phi) is 3.22. The van der Waals surface area contributed by atoms with Crippen LogP contribution in [0.2, 0.25) is 0 Å². The van der Waals surface area contributed by atoms with Crippen LogP contribution >= 0.6 is 0 Å². The quantitative estimate of drug-likeness (QED) is 0.755. The SMILES string of the molecule is CCOC(=O)c1nn(-c2ccccc2)c2c1CCc1[nH]ncc1-2. The molecule has 116 valence electrons. The smallest absolute Gasteiger partial charge is 0.359 e. The van der Waals surface area contributed by atoms with Crippen molar-refractivity contribution in [3.63, 3.8) is 0 Å². The Morgan fingerprint density at radius 2 is 2.13 bits per heavy atom. The normalized spacial score (nSPS) is 12.6. The number of para-hydroxylation sites is 1. The maximum absolute atomic E-state index is 12.3. The van der Waals surface area contributed by atoms with Crippen molar-refractivity contribution in [2.45, 2.75) is 19.8 Å². The van der Waals surface area contributed by atoms with Gasteiger partial charge in [0.15, 0.2) is 5.69 Å². The summed E-state index contributed by atoms with van der Waals surface area (Å²) in [4.78, 5) is 12.3. The summed E-state index contributed by atoms with van der Waals surface area (Å²) < 4.78 is 6.99. The van der Waals surface area contributed by atoms with Crippen molar-refractivity contribution < 1.29 is 9.53 Å². The number of aromatic nitrogens is 4. The number of nitrogens with one attached hydrogen (secondary N) is 1. The van der Waals surface area contributed by atoms with Crippen LogP contribution in [-0.4, -0.2) is 32.6 Å². The Morgan fingerprint density at radius 1 is 1.30 bits per heavy atom. The van der Waals surface area contributed by atoms with Gasteiger partial charge in [-0.3, -0.25) is 5.10 Å². The molecule has 23 heavy (non-hydrogen) atoms. The van der Waals surface area contributed by atoms with Crippen molar-refractivity contribution in [3.05, 3.63) is 53.5 Å². The van der Waals surface area contributed by atoms with E-state index in [1.165, 1.54) is 0 Å². The van der Waals surface area contributed by atoms with E-state index in [1.54, 1.807) is 13.1 Å². The third kappa shape index (κ3) is 2.14. The monoisotopic (exact) mass is 308 g/mol. The average Bonchev–Trinajstić information content (AvgIpc) is 3.19. The first kappa shape index (κ1) is 13.8. The summed E-state index contributed by atoms with van der Waals surface area (Å²) in [6, 6.07) is 9.79. The number of fused-ring (bicyclic) bond motifs is 3. The topological polar surface area (TPSA) is 72.8 Å². The summed E-state index contributed by atoms with van der Waals surface area (Å²) in [6.07, 6.45) is 3.35. The zero-order chi connectivity index (χ0) is 15.8. The molecule has 2 heterocycles. The molecule has 0 radical (unpaired) electrons. The average molecular weight is 308 g/mol.